The largest absolute Gasteiger partial charge is 0.321 e. The summed E-state index contributed by atoms with van der Waals surface area (Å²) in [5, 5.41) is 1.04. The van der Waals surface area contributed by atoms with Crippen molar-refractivity contribution in [2.45, 2.75) is 32.2 Å². The fourth-order valence-electron chi connectivity index (χ4n) is 2.10. The van der Waals surface area contributed by atoms with Crippen molar-refractivity contribution in [2.24, 2.45) is 5.73 Å². The quantitative estimate of drug-likeness (QED) is 0.876. The van der Waals surface area contributed by atoms with E-state index >= 15 is 0 Å². The number of benzene rings is 1. The molecule has 0 fully saturated rings. The molecule has 0 aliphatic heterocycles. The highest BCUT2D eigenvalue weighted by Crippen LogP contribution is 2.17. The zero-order chi connectivity index (χ0) is 13.0. The number of carbonyl (C=O) groups is 1. The van der Waals surface area contributed by atoms with Crippen molar-refractivity contribution in [1.29, 1.82) is 0 Å². The van der Waals surface area contributed by atoms with Crippen molar-refractivity contribution in [3.63, 3.8) is 0 Å². The van der Waals surface area contributed by atoms with E-state index < -0.39 is 0 Å². The molecule has 0 aliphatic rings. The van der Waals surface area contributed by atoms with Crippen molar-refractivity contribution in [2.75, 3.05) is 0 Å². The smallest absolute Gasteiger partial charge is 0.153 e. The Morgan fingerprint density at radius 1 is 1.33 bits per heavy atom. The van der Waals surface area contributed by atoms with Crippen molar-refractivity contribution in [3.8, 4) is 0 Å². The van der Waals surface area contributed by atoms with Crippen molar-refractivity contribution < 1.29 is 4.79 Å². The Bertz CT molecular complexity index is 546. The maximum absolute atomic E-state index is 12.0. The van der Waals surface area contributed by atoms with Gasteiger partial charge in [0.2, 0.25) is 0 Å². The monoisotopic (exact) mass is 242 g/mol. The van der Waals surface area contributed by atoms with Crippen LogP contribution in [-0.4, -0.2) is 16.8 Å². The third-order valence-electron chi connectivity index (χ3n) is 3.12. The molecule has 1 heterocycles. The van der Waals surface area contributed by atoms with E-state index in [0.717, 1.165) is 29.3 Å². The van der Waals surface area contributed by atoms with Crippen LogP contribution in [0.1, 0.15) is 25.3 Å². The summed E-state index contributed by atoms with van der Waals surface area (Å²) in [5.74, 6) is 0.105. The number of hydrogen-bond donors (Lipinski definition) is 1. The minimum Gasteiger partial charge on any atom is -0.321 e. The molecule has 2 N–H and O–H groups in total. The molecule has 1 aromatic carbocycles. The SMILES string of the molecule is CCCC(N)C(=O)Cc1ccnc2ccccc12. The zero-order valence-corrected chi connectivity index (χ0v) is 10.6. The topological polar surface area (TPSA) is 56.0 Å². The second-order valence-corrected chi connectivity index (χ2v) is 4.53. The van der Waals surface area contributed by atoms with Crippen LogP contribution < -0.4 is 5.73 Å². The number of nitrogens with two attached hydrogens (primary N) is 1. The first-order valence-electron chi connectivity index (χ1n) is 6.33. The third kappa shape index (κ3) is 2.74. The van der Waals surface area contributed by atoms with Gasteiger partial charge < -0.3 is 5.73 Å². The maximum atomic E-state index is 12.0. The van der Waals surface area contributed by atoms with E-state index in [2.05, 4.69) is 4.98 Å². The van der Waals surface area contributed by atoms with Gasteiger partial charge in [-0.05, 0) is 24.1 Å². The highest BCUT2D eigenvalue weighted by Gasteiger charge is 2.14. The van der Waals surface area contributed by atoms with Gasteiger partial charge in [-0.1, -0.05) is 31.5 Å². The van der Waals surface area contributed by atoms with Crippen LogP contribution in [-0.2, 0) is 11.2 Å². The molecule has 18 heavy (non-hydrogen) atoms. The van der Waals surface area contributed by atoms with Crippen LogP contribution in [0.2, 0.25) is 0 Å². The molecular formula is C15H18N2O. The van der Waals surface area contributed by atoms with Gasteiger partial charge in [0.25, 0.3) is 0 Å². The molecule has 0 aliphatic carbocycles. The molecule has 0 amide bonds. The second-order valence-electron chi connectivity index (χ2n) is 4.53. The molecule has 0 spiro atoms. The average molecular weight is 242 g/mol. The van der Waals surface area contributed by atoms with Crippen LogP contribution in [0, 0.1) is 0 Å². The molecule has 3 heteroatoms. The predicted octanol–water partition coefficient (Wildman–Crippen LogP) is 2.47. The molecule has 3 nitrogen and oxygen atoms in total. The van der Waals surface area contributed by atoms with Crippen molar-refractivity contribution >= 4 is 16.7 Å². The molecule has 1 atom stereocenters. The number of nitrogens with zero attached hydrogens (tertiary/aromatic N) is 1. The number of carbonyl (C=O) groups excluding carboxylic acids is 1. The minimum absolute atomic E-state index is 0.105. The summed E-state index contributed by atoms with van der Waals surface area (Å²) in [4.78, 5) is 16.3. The van der Waals surface area contributed by atoms with Gasteiger partial charge in [0, 0.05) is 18.0 Å². The number of Topliss-reactive ketones (excluding diaryl/α,β-unsaturated/α-hetero) is 1. The Kier molecular flexibility index (Phi) is 4.05. The van der Waals surface area contributed by atoms with Crippen LogP contribution in [0.4, 0.5) is 0 Å². The van der Waals surface area contributed by atoms with E-state index in [-0.39, 0.29) is 11.8 Å². The van der Waals surface area contributed by atoms with E-state index in [1.165, 1.54) is 0 Å². The lowest BCUT2D eigenvalue weighted by Gasteiger charge is -2.10. The summed E-state index contributed by atoms with van der Waals surface area (Å²) in [6, 6.07) is 9.42. The van der Waals surface area contributed by atoms with Gasteiger partial charge in [0.1, 0.15) is 0 Å². The van der Waals surface area contributed by atoms with Crippen LogP contribution in [0.25, 0.3) is 10.9 Å². The molecule has 0 saturated heterocycles. The van der Waals surface area contributed by atoms with Gasteiger partial charge in [-0.15, -0.1) is 0 Å². The van der Waals surface area contributed by atoms with Gasteiger partial charge in [0.15, 0.2) is 5.78 Å². The number of fused-ring (bicyclic) bond motifs is 1. The average Bonchev–Trinajstić information content (AvgIpc) is 2.39. The highest BCUT2D eigenvalue weighted by atomic mass is 16.1. The molecular weight excluding hydrogens is 224 g/mol. The predicted molar refractivity (Wildman–Crippen MR) is 73.3 cm³/mol. The van der Waals surface area contributed by atoms with Crippen LogP contribution >= 0.6 is 0 Å². The highest BCUT2D eigenvalue weighted by molar-refractivity contribution is 5.91. The summed E-state index contributed by atoms with van der Waals surface area (Å²) in [6.07, 6.45) is 3.83. The fourth-order valence-corrected chi connectivity index (χ4v) is 2.10. The third-order valence-corrected chi connectivity index (χ3v) is 3.12. The van der Waals surface area contributed by atoms with E-state index in [1.54, 1.807) is 6.20 Å². The fraction of sp³-hybridized carbons (Fsp3) is 0.333. The molecule has 94 valence electrons. The summed E-state index contributed by atoms with van der Waals surface area (Å²) >= 11 is 0. The number of rotatable bonds is 5. The standard InChI is InChI=1S/C15H18N2O/c1-2-5-13(16)15(18)10-11-8-9-17-14-7-4-3-6-12(11)14/h3-4,6-9,13H,2,5,10,16H2,1H3. The van der Waals surface area contributed by atoms with Crippen molar-refractivity contribution in [1.82, 2.24) is 4.98 Å². The maximum Gasteiger partial charge on any atom is 0.153 e. The molecule has 1 unspecified atom stereocenters. The Morgan fingerprint density at radius 3 is 2.89 bits per heavy atom. The van der Waals surface area contributed by atoms with Crippen LogP contribution in [0.5, 0.6) is 0 Å². The molecule has 0 saturated carbocycles. The summed E-state index contributed by atoms with van der Waals surface area (Å²) in [5.41, 5.74) is 7.79. The lowest BCUT2D eigenvalue weighted by molar-refractivity contribution is -0.119. The molecule has 0 radical (unpaired) electrons. The summed E-state index contributed by atoms with van der Waals surface area (Å²) in [6.45, 7) is 2.04. The van der Waals surface area contributed by atoms with Gasteiger partial charge in [-0.3, -0.25) is 9.78 Å². The Morgan fingerprint density at radius 2 is 2.11 bits per heavy atom. The first-order valence-corrected chi connectivity index (χ1v) is 6.33. The number of aromatic nitrogens is 1. The molecule has 1 aromatic heterocycles. The van der Waals surface area contributed by atoms with Crippen molar-refractivity contribution in [3.05, 3.63) is 42.1 Å². The first-order chi connectivity index (χ1) is 8.72. The van der Waals surface area contributed by atoms with E-state index in [0.29, 0.717) is 6.42 Å². The summed E-state index contributed by atoms with van der Waals surface area (Å²) in [7, 11) is 0. The van der Waals surface area contributed by atoms with Gasteiger partial charge in [-0.25, -0.2) is 0 Å². The number of hydrogen-bond acceptors (Lipinski definition) is 3. The lowest BCUT2D eigenvalue weighted by Crippen LogP contribution is -2.31. The molecule has 0 bridgehead atoms. The van der Waals surface area contributed by atoms with Crippen LogP contribution in [0.3, 0.4) is 0 Å². The van der Waals surface area contributed by atoms with Crippen LogP contribution in [0.15, 0.2) is 36.5 Å². The second kappa shape index (κ2) is 5.74. The van der Waals surface area contributed by atoms with E-state index in [4.69, 9.17) is 5.73 Å². The Labute approximate surface area is 107 Å². The number of para-hydroxylation sites is 1. The van der Waals surface area contributed by atoms with Gasteiger partial charge in [0.05, 0.1) is 11.6 Å². The normalized spacial score (nSPS) is 12.6. The van der Waals surface area contributed by atoms with E-state index in [9.17, 15) is 4.79 Å². The lowest BCUT2D eigenvalue weighted by atomic mass is 9.99. The number of pyridine rings is 1. The Hall–Kier alpha value is -1.74. The zero-order valence-electron chi connectivity index (χ0n) is 10.6. The molecule has 2 rings (SSSR count). The van der Waals surface area contributed by atoms with Gasteiger partial charge >= 0.3 is 0 Å². The number of ketones is 1. The Balaban J connectivity index is 2.24. The van der Waals surface area contributed by atoms with E-state index in [1.807, 2.05) is 37.3 Å². The first kappa shape index (κ1) is 12.7. The van der Waals surface area contributed by atoms with Gasteiger partial charge in [-0.2, -0.15) is 0 Å². The summed E-state index contributed by atoms with van der Waals surface area (Å²) < 4.78 is 0. The molecule has 2 aromatic rings. The minimum atomic E-state index is -0.345.